The van der Waals surface area contributed by atoms with Crippen molar-refractivity contribution in [3.8, 4) is 0 Å². The van der Waals surface area contributed by atoms with Crippen LogP contribution in [0.5, 0.6) is 0 Å². The molecule has 3 heteroatoms. The fourth-order valence-electron chi connectivity index (χ4n) is 1.92. The van der Waals surface area contributed by atoms with Gasteiger partial charge in [0.2, 0.25) is 0 Å². The molecule has 1 saturated heterocycles. The first-order valence-corrected chi connectivity index (χ1v) is 5.42. The van der Waals surface area contributed by atoms with Crippen LogP contribution in [0.25, 0.3) is 0 Å². The number of likely N-dealkylation sites (tertiary alicyclic amines) is 1. The Balaban J connectivity index is 2.54. The first-order chi connectivity index (χ1) is 6.56. The number of piperidine rings is 1. The SMILES string of the molecule is COC1CN(C(=N)C(C)C)CCC1C. The molecule has 0 aromatic carbocycles. The Hall–Kier alpha value is -0.570. The molecule has 0 bridgehead atoms. The summed E-state index contributed by atoms with van der Waals surface area (Å²) in [6.07, 6.45) is 1.43. The van der Waals surface area contributed by atoms with Gasteiger partial charge in [-0.05, 0) is 12.3 Å². The summed E-state index contributed by atoms with van der Waals surface area (Å²) in [6, 6.07) is 0. The predicted octanol–water partition coefficient (Wildman–Crippen LogP) is 1.98. The molecule has 0 spiro atoms. The standard InChI is InChI=1S/C11H22N2O/c1-8(2)11(12)13-6-5-9(3)10(7-13)14-4/h8-10,12H,5-7H2,1-4H3. The molecule has 1 aliphatic heterocycles. The van der Waals surface area contributed by atoms with Crippen molar-refractivity contribution < 1.29 is 4.74 Å². The molecule has 1 rings (SSSR count). The third-order valence-electron chi connectivity index (χ3n) is 3.08. The topological polar surface area (TPSA) is 36.3 Å². The Labute approximate surface area is 86.9 Å². The van der Waals surface area contributed by atoms with E-state index in [4.69, 9.17) is 10.1 Å². The highest BCUT2D eigenvalue weighted by molar-refractivity contribution is 5.81. The highest BCUT2D eigenvalue weighted by Crippen LogP contribution is 2.20. The normalized spacial score (nSPS) is 28.2. The van der Waals surface area contributed by atoms with Crippen molar-refractivity contribution in [2.24, 2.45) is 11.8 Å². The Kier molecular flexibility index (Phi) is 3.93. The van der Waals surface area contributed by atoms with Gasteiger partial charge in [-0.15, -0.1) is 0 Å². The van der Waals surface area contributed by atoms with E-state index in [1.807, 2.05) is 0 Å². The van der Waals surface area contributed by atoms with Crippen molar-refractivity contribution >= 4 is 5.84 Å². The quantitative estimate of drug-likeness (QED) is 0.544. The Morgan fingerprint density at radius 3 is 2.64 bits per heavy atom. The van der Waals surface area contributed by atoms with E-state index >= 15 is 0 Å². The van der Waals surface area contributed by atoms with Crippen LogP contribution in [0.15, 0.2) is 0 Å². The lowest BCUT2D eigenvalue weighted by molar-refractivity contribution is 0.0136. The molecule has 0 saturated carbocycles. The fraction of sp³-hybridized carbons (Fsp3) is 0.909. The number of nitrogens with one attached hydrogen (secondary N) is 1. The van der Waals surface area contributed by atoms with Gasteiger partial charge in [0.05, 0.1) is 11.9 Å². The number of hydrogen-bond donors (Lipinski definition) is 1. The maximum atomic E-state index is 7.94. The highest BCUT2D eigenvalue weighted by Gasteiger charge is 2.27. The van der Waals surface area contributed by atoms with E-state index in [2.05, 4.69) is 25.7 Å². The summed E-state index contributed by atoms with van der Waals surface area (Å²) in [4.78, 5) is 2.15. The van der Waals surface area contributed by atoms with Gasteiger partial charge in [-0.1, -0.05) is 20.8 Å². The highest BCUT2D eigenvalue weighted by atomic mass is 16.5. The lowest BCUT2D eigenvalue weighted by atomic mass is 9.95. The van der Waals surface area contributed by atoms with Crippen molar-refractivity contribution in [3.05, 3.63) is 0 Å². The fourth-order valence-corrected chi connectivity index (χ4v) is 1.92. The summed E-state index contributed by atoms with van der Waals surface area (Å²) in [6.45, 7) is 8.27. The van der Waals surface area contributed by atoms with Crippen LogP contribution < -0.4 is 0 Å². The van der Waals surface area contributed by atoms with Gasteiger partial charge >= 0.3 is 0 Å². The van der Waals surface area contributed by atoms with Crippen LogP contribution in [0.3, 0.4) is 0 Å². The van der Waals surface area contributed by atoms with Crippen molar-refractivity contribution in [1.82, 2.24) is 4.90 Å². The van der Waals surface area contributed by atoms with Gasteiger partial charge in [0.15, 0.2) is 0 Å². The lowest BCUT2D eigenvalue weighted by Gasteiger charge is -2.38. The average Bonchev–Trinajstić information content (AvgIpc) is 2.17. The molecular formula is C11H22N2O. The van der Waals surface area contributed by atoms with E-state index in [-0.39, 0.29) is 0 Å². The predicted molar refractivity (Wildman–Crippen MR) is 58.7 cm³/mol. The zero-order valence-corrected chi connectivity index (χ0v) is 9.71. The molecule has 2 atom stereocenters. The Morgan fingerprint density at radius 2 is 2.14 bits per heavy atom. The number of ether oxygens (including phenoxy) is 1. The van der Waals surface area contributed by atoms with Gasteiger partial charge < -0.3 is 9.64 Å². The molecule has 1 fully saturated rings. The van der Waals surface area contributed by atoms with Crippen LogP contribution in [-0.4, -0.2) is 37.0 Å². The van der Waals surface area contributed by atoms with Gasteiger partial charge in [0.25, 0.3) is 0 Å². The molecule has 2 unspecified atom stereocenters. The molecule has 0 aromatic heterocycles. The van der Waals surface area contributed by atoms with Gasteiger partial charge in [0.1, 0.15) is 0 Å². The third kappa shape index (κ3) is 2.47. The first kappa shape index (κ1) is 11.5. The van der Waals surface area contributed by atoms with E-state index in [9.17, 15) is 0 Å². The van der Waals surface area contributed by atoms with Crippen LogP contribution in [0.1, 0.15) is 27.2 Å². The molecule has 1 aliphatic rings. The molecule has 1 heterocycles. The minimum atomic E-state index is 0.294. The van der Waals surface area contributed by atoms with Crippen molar-refractivity contribution in [1.29, 1.82) is 5.41 Å². The number of hydrogen-bond acceptors (Lipinski definition) is 2. The number of rotatable bonds is 2. The van der Waals surface area contributed by atoms with E-state index in [0.29, 0.717) is 17.9 Å². The smallest absolute Gasteiger partial charge is 0.0984 e. The van der Waals surface area contributed by atoms with E-state index < -0.39 is 0 Å². The van der Waals surface area contributed by atoms with E-state index in [1.165, 1.54) is 0 Å². The minimum Gasteiger partial charge on any atom is -0.379 e. The van der Waals surface area contributed by atoms with Crippen LogP contribution in [0, 0.1) is 17.2 Å². The summed E-state index contributed by atoms with van der Waals surface area (Å²) in [7, 11) is 1.77. The van der Waals surface area contributed by atoms with Crippen molar-refractivity contribution in [3.63, 3.8) is 0 Å². The zero-order valence-electron chi connectivity index (χ0n) is 9.71. The van der Waals surface area contributed by atoms with Crippen molar-refractivity contribution in [2.45, 2.75) is 33.3 Å². The second kappa shape index (κ2) is 4.78. The second-order valence-corrected chi connectivity index (χ2v) is 4.53. The van der Waals surface area contributed by atoms with E-state index in [1.54, 1.807) is 7.11 Å². The summed E-state index contributed by atoms with van der Waals surface area (Å²) >= 11 is 0. The number of amidine groups is 1. The number of nitrogens with zero attached hydrogens (tertiary/aromatic N) is 1. The van der Waals surface area contributed by atoms with Crippen molar-refractivity contribution in [2.75, 3.05) is 20.2 Å². The van der Waals surface area contributed by atoms with Gasteiger partial charge in [0, 0.05) is 26.1 Å². The van der Waals surface area contributed by atoms with Gasteiger partial charge in [-0.2, -0.15) is 0 Å². The lowest BCUT2D eigenvalue weighted by Crippen LogP contribution is -2.47. The molecule has 0 amide bonds. The van der Waals surface area contributed by atoms with Gasteiger partial charge in [-0.25, -0.2) is 0 Å². The molecule has 82 valence electrons. The molecule has 0 aliphatic carbocycles. The molecular weight excluding hydrogens is 176 g/mol. The summed E-state index contributed by atoms with van der Waals surface area (Å²) in [5, 5.41) is 7.94. The maximum absolute atomic E-state index is 7.94. The number of methoxy groups -OCH3 is 1. The monoisotopic (exact) mass is 198 g/mol. The molecule has 3 nitrogen and oxygen atoms in total. The molecule has 14 heavy (non-hydrogen) atoms. The Bertz CT molecular complexity index is 203. The maximum Gasteiger partial charge on any atom is 0.0984 e. The molecule has 0 radical (unpaired) electrons. The Morgan fingerprint density at radius 1 is 1.50 bits per heavy atom. The van der Waals surface area contributed by atoms with Crippen LogP contribution >= 0.6 is 0 Å². The minimum absolute atomic E-state index is 0.294. The summed E-state index contributed by atoms with van der Waals surface area (Å²) < 4.78 is 5.43. The first-order valence-electron chi connectivity index (χ1n) is 5.42. The summed E-state index contributed by atoms with van der Waals surface area (Å²) in [5.74, 6) is 1.69. The average molecular weight is 198 g/mol. The molecule has 0 aromatic rings. The van der Waals surface area contributed by atoms with Crippen LogP contribution in [0.2, 0.25) is 0 Å². The van der Waals surface area contributed by atoms with Gasteiger partial charge in [-0.3, -0.25) is 5.41 Å². The third-order valence-corrected chi connectivity index (χ3v) is 3.08. The second-order valence-electron chi connectivity index (χ2n) is 4.53. The zero-order chi connectivity index (χ0) is 10.7. The largest absolute Gasteiger partial charge is 0.379 e. The summed E-state index contributed by atoms with van der Waals surface area (Å²) in [5.41, 5.74) is 0. The van der Waals surface area contributed by atoms with E-state index in [0.717, 1.165) is 25.3 Å². The van der Waals surface area contributed by atoms with Crippen LogP contribution in [0.4, 0.5) is 0 Å². The van der Waals surface area contributed by atoms with Crippen LogP contribution in [-0.2, 0) is 4.74 Å². The molecule has 1 N–H and O–H groups in total.